The lowest BCUT2D eigenvalue weighted by molar-refractivity contribution is -0.115. The Balaban J connectivity index is 1.70. The van der Waals surface area contributed by atoms with E-state index in [0.717, 1.165) is 0 Å². The molecule has 3 rings (SSSR count). The molecule has 10 heteroatoms. The molecule has 0 fully saturated rings. The Morgan fingerprint density at radius 1 is 1.13 bits per heavy atom. The van der Waals surface area contributed by atoms with Crippen molar-refractivity contribution in [1.29, 1.82) is 0 Å². The number of nitrogens with one attached hydrogen (secondary N) is 3. The molecule has 0 radical (unpaired) electrons. The van der Waals surface area contributed by atoms with Gasteiger partial charge in [-0.15, -0.1) is 11.3 Å². The summed E-state index contributed by atoms with van der Waals surface area (Å²) in [6.07, 6.45) is 1.43. The molecule has 3 N–H and O–H groups in total. The molecule has 31 heavy (non-hydrogen) atoms. The second kappa shape index (κ2) is 9.35. The summed E-state index contributed by atoms with van der Waals surface area (Å²) in [6, 6.07) is 6.34. The molecule has 0 spiro atoms. The highest BCUT2D eigenvalue weighted by atomic mass is 32.1. The summed E-state index contributed by atoms with van der Waals surface area (Å²) in [5, 5.41) is 7.63. The van der Waals surface area contributed by atoms with Crippen molar-refractivity contribution in [1.82, 2.24) is 9.97 Å². The number of Topliss-reactive ketones (excluding diaryl/α,β-unsaturated/α-hetero) is 1. The van der Waals surface area contributed by atoms with Gasteiger partial charge in [-0.05, 0) is 36.8 Å². The number of anilines is 2. The van der Waals surface area contributed by atoms with Gasteiger partial charge in [0.05, 0.1) is 24.8 Å². The zero-order chi connectivity index (χ0) is 22.5. The van der Waals surface area contributed by atoms with Gasteiger partial charge in [-0.3, -0.25) is 19.7 Å². The topological polar surface area (TPSA) is 130 Å². The molecule has 0 aliphatic rings. The van der Waals surface area contributed by atoms with Gasteiger partial charge in [0, 0.05) is 35.4 Å². The standard InChI is InChI=1S/C21H20N4O5S/c1-11-17(20(29)30-3)15(24-18(11)12(2)26)10-16(27)23-14-6-4-13(5-7-14)19(28)25-21-22-8-9-31-21/h4-9,24H,10H2,1-3H3,(H,23,27)(H,22,25,28). The molecule has 0 saturated heterocycles. The number of benzene rings is 1. The van der Waals surface area contributed by atoms with E-state index in [1.165, 1.54) is 25.4 Å². The zero-order valence-electron chi connectivity index (χ0n) is 17.1. The van der Waals surface area contributed by atoms with Crippen LogP contribution in [0.25, 0.3) is 0 Å². The van der Waals surface area contributed by atoms with E-state index >= 15 is 0 Å². The van der Waals surface area contributed by atoms with Crippen molar-refractivity contribution in [2.45, 2.75) is 20.3 Å². The molecule has 160 valence electrons. The third-order valence-electron chi connectivity index (χ3n) is 4.49. The average Bonchev–Trinajstić information content (AvgIpc) is 3.35. The summed E-state index contributed by atoms with van der Waals surface area (Å²) in [4.78, 5) is 55.5. The van der Waals surface area contributed by atoms with Gasteiger partial charge in [0.2, 0.25) is 5.91 Å². The van der Waals surface area contributed by atoms with Gasteiger partial charge in [0.1, 0.15) is 0 Å². The number of aromatic amines is 1. The Labute approximate surface area is 181 Å². The number of methoxy groups -OCH3 is 1. The number of esters is 1. The van der Waals surface area contributed by atoms with Gasteiger partial charge in [-0.25, -0.2) is 9.78 Å². The maximum Gasteiger partial charge on any atom is 0.339 e. The van der Waals surface area contributed by atoms with E-state index in [0.29, 0.717) is 27.6 Å². The Morgan fingerprint density at radius 3 is 2.42 bits per heavy atom. The predicted octanol–water partition coefficient (Wildman–Crippen LogP) is 3.20. The van der Waals surface area contributed by atoms with Gasteiger partial charge in [0.25, 0.3) is 5.91 Å². The van der Waals surface area contributed by atoms with Crippen LogP contribution in [0.1, 0.15) is 49.4 Å². The quantitative estimate of drug-likeness (QED) is 0.382. The fourth-order valence-corrected chi connectivity index (χ4v) is 3.57. The van der Waals surface area contributed by atoms with Crippen molar-refractivity contribution < 1.29 is 23.9 Å². The average molecular weight is 440 g/mol. The monoisotopic (exact) mass is 440 g/mol. The molecule has 9 nitrogen and oxygen atoms in total. The maximum atomic E-state index is 12.5. The van der Waals surface area contributed by atoms with Crippen LogP contribution in [0.15, 0.2) is 35.8 Å². The molecule has 3 aromatic rings. The van der Waals surface area contributed by atoms with E-state index in [1.54, 1.807) is 42.8 Å². The normalized spacial score (nSPS) is 10.4. The first-order valence-corrected chi connectivity index (χ1v) is 10.1. The fraction of sp³-hybridized carbons (Fsp3) is 0.190. The fourth-order valence-electron chi connectivity index (χ4n) is 3.05. The number of hydrogen-bond donors (Lipinski definition) is 3. The predicted molar refractivity (Wildman–Crippen MR) is 116 cm³/mol. The van der Waals surface area contributed by atoms with Gasteiger partial charge < -0.3 is 15.0 Å². The lowest BCUT2D eigenvalue weighted by Gasteiger charge is -2.07. The van der Waals surface area contributed by atoms with Crippen LogP contribution < -0.4 is 10.6 Å². The van der Waals surface area contributed by atoms with Crippen LogP contribution in [-0.4, -0.2) is 40.6 Å². The minimum Gasteiger partial charge on any atom is -0.465 e. The Hall–Kier alpha value is -3.79. The van der Waals surface area contributed by atoms with Crippen LogP contribution in [0.4, 0.5) is 10.8 Å². The third-order valence-corrected chi connectivity index (χ3v) is 5.18. The molecular weight excluding hydrogens is 420 g/mol. The lowest BCUT2D eigenvalue weighted by Crippen LogP contribution is -2.17. The minimum absolute atomic E-state index is 0.162. The highest BCUT2D eigenvalue weighted by Crippen LogP contribution is 2.21. The van der Waals surface area contributed by atoms with Crippen molar-refractivity contribution >= 4 is 45.7 Å². The van der Waals surface area contributed by atoms with Crippen LogP contribution in [0.5, 0.6) is 0 Å². The molecule has 0 aliphatic carbocycles. The second-order valence-electron chi connectivity index (χ2n) is 6.62. The SMILES string of the molecule is COC(=O)c1c(CC(=O)Nc2ccc(C(=O)Nc3nccs3)cc2)[nH]c(C(C)=O)c1C. The van der Waals surface area contributed by atoms with Gasteiger partial charge >= 0.3 is 5.97 Å². The molecule has 0 aliphatic heterocycles. The lowest BCUT2D eigenvalue weighted by atomic mass is 10.1. The molecule has 0 bridgehead atoms. The van der Waals surface area contributed by atoms with Crippen molar-refractivity contribution in [2.24, 2.45) is 0 Å². The van der Waals surface area contributed by atoms with Gasteiger partial charge in [-0.2, -0.15) is 0 Å². The summed E-state index contributed by atoms with van der Waals surface area (Å²) < 4.78 is 4.78. The Bertz CT molecular complexity index is 1130. The van der Waals surface area contributed by atoms with Crippen LogP contribution in [0.2, 0.25) is 0 Å². The van der Waals surface area contributed by atoms with E-state index in [1.807, 2.05) is 0 Å². The van der Waals surface area contributed by atoms with Crippen LogP contribution in [0.3, 0.4) is 0 Å². The van der Waals surface area contributed by atoms with Crippen LogP contribution in [-0.2, 0) is 16.0 Å². The summed E-state index contributed by atoms with van der Waals surface area (Å²) in [5.74, 6) is -1.59. The maximum absolute atomic E-state index is 12.5. The summed E-state index contributed by atoms with van der Waals surface area (Å²) in [5.41, 5.74) is 2.07. The number of thiazole rings is 1. The van der Waals surface area contributed by atoms with Crippen molar-refractivity contribution in [2.75, 3.05) is 17.7 Å². The molecule has 0 unspecified atom stereocenters. The van der Waals surface area contributed by atoms with E-state index in [4.69, 9.17) is 4.74 Å². The number of carbonyl (C=O) groups excluding carboxylic acids is 4. The molecule has 2 amide bonds. The smallest absolute Gasteiger partial charge is 0.339 e. The molecule has 0 atom stereocenters. The molecule has 0 saturated carbocycles. The first-order chi connectivity index (χ1) is 14.8. The molecule has 1 aromatic carbocycles. The number of rotatable bonds is 7. The van der Waals surface area contributed by atoms with Gasteiger partial charge in [-0.1, -0.05) is 0 Å². The number of amides is 2. The largest absolute Gasteiger partial charge is 0.465 e. The van der Waals surface area contributed by atoms with E-state index < -0.39 is 11.9 Å². The summed E-state index contributed by atoms with van der Waals surface area (Å²) in [6.45, 7) is 2.99. The minimum atomic E-state index is -0.625. The number of ketones is 1. The van der Waals surface area contributed by atoms with Crippen LogP contribution >= 0.6 is 11.3 Å². The van der Waals surface area contributed by atoms with Crippen molar-refractivity contribution in [3.8, 4) is 0 Å². The van der Waals surface area contributed by atoms with E-state index in [9.17, 15) is 19.2 Å². The highest BCUT2D eigenvalue weighted by molar-refractivity contribution is 7.13. The first kappa shape index (κ1) is 21.9. The number of aromatic nitrogens is 2. The Kier molecular flexibility index (Phi) is 6.61. The van der Waals surface area contributed by atoms with E-state index in [2.05, 4.69) is 20.6 Å². The number of ether oxygens (including phenoxy) is 1. The second-order valence-corrected chi connectivity index (χ2v) is 7.51. The summed E-state index contributed by atoms with van der Waals surface area (Å²) >= 11 is 1.31. The zero-order valence-corrected chi connectivity index (χ0v) is 17.9. The number of nitrogens with zero attached hydrogens (tertiary/aromatic N) is 1. The molecular formula is C21H20N4O5S. The summed E-state index contributed by atoms with van der Waals surface area (Å²) in [7, 11) is 1.23. The third kappa shape index (κ3) is 5.04. The number of H-pyrrole nitrogens is 1. The number of hydrogen-bond acceptors (Lipinski definition) is 7. The van der Waals surface area contributed by atoms with Crippen molar-refractivity contribution in [3.63, 3.8) is 0 Å². The Morgan fingerprint density at radius 2 is 1.84 bits per heavy atom. The molecule has 2 heterocycles. The van der Waals surface area contributed by atoms with E-state index in [-0.39, 0.29) is 29.4 Å². The van der Waals surface area contributed by atoms with Crippen LogP contribution in [0, 0.1) is 6.92 Å². The first-order valence-electron chi connectivity index (χ1n) is 9.21. The highest BCUT2D eigenvalue weighted by Gasteiger charge is 2.24. The molecule has 2 aromatic heterocycles. The van der Waals surface area contributed by atoms with Crippen molar-refractivity contribution in [3.05, 3.63) is 63.9 Å². The van der Waals surface area contributed by atoms with Gasteiger partial charge in [0.15, 0.2) is 10.9 Å². The number of carbonyl (C=O) groups is 4.